The lowest BCUT2D eigenvalue weighted by Crippen LogP contribution is -2.35. The van der Waals surface area contributed by atoms with E-state index in [1.807, 2.05) is 0 Å². The highest BCUT2D eigenvalue weighted by Gasteiger charge is 2.02. The van der Waals surface area contributed by atoms with Crippen molar-refractivity contribution in [2.24, 2.45) is 5.84 Å². The molecule has 14 heavy (non-hydrogen) atoms. The predicted molar refractivity (Wildman–Crippen MR) is 61.8 cm³/mol. The summed E-state index contributed by atoms with van der Waals surface area (Å²) in [5.74, 6) is 8.63. The van der Waals surface area contributed by atoms with Crippen LogP contribution >= 0.6 is 11.8 Å². The minimum atomic E-state index is -0.0682. The fourth-order valence-electron chi connectivity index (χ4n) is 0.958. The molecule has 0 heterocycles. The number of thioether (sulfide) groups is 1. The Hall–Kier alpha value is -0.950. The van der Waals surface area contributed by atoms with E-state index in [1.165, 1.54) is 10.5 Å². The van der Waals surface area contributed by atoms with Crippen molar-refractivity contribution >= 4 is 11.8 Å². The van der Waals surface area contributed by atoms with E-state index in [-0.39, 0.29) is 6.04 Å². The van der Waals surface area contributed by atoms with Crippen LogP contribution in [0.2, 0.25) is 0 Å². The number of rotatable bonds is 4. The smallest absolute Gasteiger partial charge is 0.0908 e. The van der Waals surface area contributed by atoms with Crippen LogP contribution in [0.3, 0.4) is 0 Å². The summed E-state index contributed by atoms with van der Waals surface area (Å²) in [6, 6.07) is 8.28. The molecule has 1 unspecified atom stereocenters. The first-order chi connectivity index (χ1) is 6.76. The summed E-state index contributed by atoms with van der Waals surface area (Å²) in [5, 5.41) is 0. The van der Waals surface area contributed by atoms with Gasteiger partial charge in [0.15, 0.2) is 0 Å². The predicted octanol–water partition coefficient (Wildman–Crippen LogP) is 1.55. The zero-order chi connectivity index (χ0) is 10.4. The summed E-state index contributed by atoms with van der Waals surface area (Å²) < 4.78 is 0. The summed E-state index contributed by atoms with van der Waals surface area (Å²) >= 11 is 1.70. The van der Waals surface area contributed by atoms with Gasteiger partial charge in [0, 0.05) is 10.6 Å². The molecule has 74 valence electrons. The molecular weight excluding hydrogens is 192 g/mol. The molecule has 3 N–H and O–H groups in total. The largest absolute Gasteiger partial charge is 0.270 e. The third-order valence-electron chi connectivity index (χ3n) is 1.84. The Kier molecular flexibility index (Phi) is 4.54. The first-order valence-electron chi connectivity index (χ1n) is 4.38. The van der Waals surface area contributed by atoms with Crippen molar-refractivity contribution < 1.29 is 0 Å². The van der Waals surface area contributed by atoms with E-state index in [2.05, 4.69) is 42.5 Å². The molecule has 0 aliphatic rings. The molecule has 0 aliphatic carbocycles. The number of benzene rings is 1. The highest BCUT2D eigenvalue weighted by Crippen LogP contribution is 2.18. The maximum absolute atomic E-state index is 5.27. The maximum atomic E-state index is 5.27. The van der Waals surface area contributed by atoms with Crippen LogP contribution in [0.4, 0.5) is 0 Å². The van der Waals surface area contributed by atoms with Gasteiger partial charge in [-0.25, -0.2) is 5.43 Å². The molecule has 1 aromatic carbocycles. The van der Waals surface area contributed by atoms with E-state index >= 15 is 0 Å². The second-order valence-corrected chi connectivity index (χ2v) is 4.10. The molecule has 0 aromatic heterocycles. The van der Waals surface area contributed by atoms with Gasteiger partial charge in [0.05, 0.1) is 6.04 Å². The fraction of sp³-hybridized carbons (Fsp3) is 0.273. The average molecular weight is 206 g/mol. The standard InChI is InChI=1S/C11H14N2S/c1-3-10(13-12)8-14-11-6-4-9(2)5-7-11/h1,4-7,10,13H,8,12H2,2H3. The van der Waals surface area contributed by atoms with Gasteiger partial charge in [-0.15, -0.1) is 18.2 Å². The van der Waals surface area contributed by atoms with Gasteiger partial charge in [-0.2, -0.15) is 0 Å². The van der Waals surface area contributed by atoms with E-state index in [0.717, 1.165) is 5.75 Å². The van der Waals surface area contributed by atoms with Gasteiger partial charge in [-0.05, 0) is 19.1 Å². The van der Waals surface area contributed by atoms with Gasteiger partial charge in [0.25, 0.3) is 0 Å². The van der Waals surface area contributed by atoms with Crippen LogP contribution in [0.15, 0.2) is 29.2 Å². The lowest BCUT2D eigenvalue weighted by atomic mass is 10.2. The maximum Gasteiger partial charge on any atom is 0.0908 e. The lowest BCUT2D eigenvalue weighted by Gasteiger charge is -2.08. The number of hydrogen-bond acceptors (Lipinski definition) is 3. The topological polar surface area (TPSA) is 38.0 Å². The van der Waals surface area contributed by atoms with Crippen LogP contribution in [-0.4, -0.2) is 11.8 Å². The molecule has 1 atom stereocenters. The van der Waals surface area contributed by atoms with Crippen molar-refractivity contribution in [3.05, 3.63) is 29.8 Å². The monoisotopic (exact) mass is 206 g/mol. The molecule has 0 radical (unpaired) electrons. The molecule has 1 rings (SSSR count). The Bertz CT molecular complexity index is 313. The van der Waals surface area contributed by atoms with Gasteiger partial charge >= 0.3 is 0 Å². The number of hydrazine groups is 1. The van der Waals surface area contributed by atoms with Crippen molar-refractivity contribution in [2.45, 2.75) is 17.9 Å². The van der Waals surface area contributed by atoms with E-state index in [1.54, 1.807) is 11.8 Å². The third kappa shape index (κ3) is 3.43. The van der Waals surface area contributed by atoms with Crippen LogP contribution in [0.25, 0.3) is 0 Å². The second kappa shape index (κ2) is 5.71. The molecule has 0 amide bonds. The SMILES string of the molecule is C#CC(CSc1ccc(C)cc1)NN. The summed E-state index contributed by atoms with van der Waals surface area (Å²) in [6.45, 7) is 2.07. The van der Waals surface area contributed by atoms with E-state index in [9.17, 15) is 0 Å². The molecule has 2 nitrogen and oxygen atoms in total. The molecule has 0 spiro atoms. The normalized spacial score (nSPS) is 12.1. The fourth-order valence-corrected chi connectivity index (χ4v) is 1.84. The third-order valence-corrected chi connectivity index (χ3v) is 2.95. The number of terminal acetylenes is 1. The summed E-state index contributed by atoms with van der Waals surface area (Å²) in [7, 11) is 0. The van der Waals surface area contributed by atoms with Gasteiger partial charge in [-0.3, -0.25) is 5.84 Å². The number of nitrogens with two attached hydrogens (primary N) is 1. The Morgan fingerprint density at radius 1 is 1.50 bits per heavy atom. The second-order valence-electron chi connectivity index (χ2n) is 3.01. The van der Waals surface area contributed by atoms with E-state index < -0.39 is 0 Å². The van der Waals surface area contributed by atoms with E-state index in [0.29, 0.717) is 0 Å². The molecule has 0 fully saturated rings. The van der Waals surface area contributed by atoms with Crippen molar-refractivity contribution in [3.63, 3.8) is 0 Å². The molecular formula is C11H14N2S. The van der Waals surface area contributed by atoms with Crippen LogP contribution in [0.1, 0.15) is 5.56 Å². The summed E-state index contributed by atoms with van der Waals surface area (Å²) in [6.07, 6.45) is 5.27. The van der Waals surface area contributed by atoms with Gasteiger partial charge in [0.1, 0.15) is 0 Å². The molecule has 0 aliphatic heterocycles. The minimum Gasteiger partial charge on any atom is -0.270 e. The Morgan fingerprint density at radius 3 is 2.64 bits per heavy atom. The Labute approximate surface area is 89.2 Å². The van der Waals surface area contributed by atoms with Crippen molar-refractivity contribution in [1.82, 2.24) is 5.43 Å². The highest BCUT2D eigenvalue weighted by molar-refractivity contribution is 7.99. The minimum absolute atomic E-state index is 0.0682. The van der Waals surface area contributed by atoms with Crippen LogP contribution in [0, 0.1) is 19.3 Å². The molecule has 0 saturated carbocycles. The number of aryl methyl sites for hydroxylation is 1. The van der Waals surface area contributed by atoms with Crippen LogP contribution < -0.4 is 11.3 Å². The quantitative estimate of drug-likeness (QED) is 0.340. The molecule has 0 bridgehead atoms. The van der Waals surface area contributed by atoms with Gasteiger partial charge in [-0.1, -0.05) is 23.6 Å². The van der Waals surface area contributed by atoms with E-state index in [4.69, 9.17) is 12.3 Å². The molecule has 3 heteroatoms. The Balaban J connectivity index is 2.46. The summed E-state index contributed by atoms with van der Waals surface area (Å²) in [4.78, 5) is 1.21. The molecule has 1 aromatic rings. The summed E-state index contributed by atoms with van der Waals surface area (Å²) in [5.41, 5.74) is 3.84. The molecule has 0 saturated heterocycles. The van der Waals surface area contributed by atoms with Crippen molar-refractivity contribution in [2.75, 3.05) is 5.75 Å². The van der Waals surface area contributed by atoms with Crippen molar-refractivity contribution in [3.8, 4) is 12.3 Å². The first kappa shape index (κ1) is 11.1. The zero-order valence-electron chi connectivity index (χ0n) is 8.16. The lowest BCUT2D eigenvalue weighted by molar-refractivity contribution is 0.694. The van der Waals surface area contributed by atoms with Gasteiger partial charge in [0.2, 0.25) is 0 Å². The van der Waals surface area contributed by atoms with Crippen LogP contribution in [-0.2, 0) is 0 Å². The van der Waals surface area contributed by atoms with Crippen LogP contribution in [0.5, 0.6) is 0 Å². The average Bonchev–Trinajstić information content (AvgIpc) is 2.22. The van der Waals surface area contributed by atoms with Gasteiger partial charge < -0.3 is 0 Å². The first-order valence-corrected chi connectivity index (χ1v) is 5.36. The highest BCUT2D eigenvalue weighted by atomic mass is 32.2. The van der Waals surface area contributed by atoms with Crippen molar-refractivity contribution in [1.29, 1.82) is 0 Å². The number of nitrogens with one attached hydrogen (secondary N) is 1. The number of hydrogen-bond donors (Lipinski definition) is 2. The zero-order valence-corrected chi connectivity index (χ0v) is 8.97. The Morgan fingerprint density at radius 2 is 2.14 bits per heavy atom.